The number of aryl methyl sites for hydroxylation is 3. The number of rotatable bonds is 6. The molecule has 1 aliphatic rings. The third-order valence-corrected chi connectivity index (χ3v) is 4.93. The Morgan fingerprint density at radius 2 is 1.89 bits per heavy atom. The van der Waals surface area contributed by atoms with E-state index in [9.17, 15) is 5.11 Å². The summed E-state index contributed by atoms with van der Waals surface area (Å²) in [5, 5.41) is 13.4. The van der Waals surface area contributed by atoms with E-state index in [2.05, 4.69) is 35.1 Å². The van der Waals surface area contributed by atoms with Gasteiger partial charge in [-0.3, -0.25) is 9.97 Å². The number of hydrogen-bond acceptors (Lipinski definition) is 8. The number of anilines is 2. The van der Waals surface area contributed by atoms with Crippen molar-refractivity contribution >= 4 is 11.6 Å². The molecule has 8 heteroatoms. The van der Waals surface area contributed by atoms with Crippen LogP contribution in [0.4, 0.5) is 11.6 Å². The van der Waals surface area contributed by atoms with Gasteiger partial charge in [-0.15, -0.1) is 0 Å². The van der Waals surface area contributed by atoms with Gasteiger partial charge in [0, 0.05) is 25.2 Å². The normalized spacial score (nSPS) is 19.7. The first-order chi connectivity index (χ1) is 12.8. The Morgan fingerprint density at radius 1 is 1.15 bits per heavy atom. The first kappa shape index (κ1) is 19.4. The van der Waals surface area contributed by atoms with Gasteiger partial charge in [0.2, 0.25) is 0 Å². The summed E-state index contributed by atoms with van der Waals surface area (Å²) in [6.07, 6.45) is 1.99. The highest BCUT2D eigenvalue weighted by molar-refractivity contribution is 5.50. The number of likely N-dealkylation sites (N-methyl/N-ethyl adjacent to an activating group) is 1. The van der Waals surface area contributed by atoms with Crippen molar-refractivity contribution in [2.45, 2.75) is 45.9 Å². The third kappa shape index (κ3) is 4.70. The van der Waals surface area contributed by atoms with Crippen molar-refractivity contribution in [3.63, 3.8) is 0 Å². The van der Waals surface area contributed by atoms with Crippen LogP contribution in [0.15, 0.2) is 12.4 Å². The highest BCUT2D eigenvalue weighted by atomic mass is 16.3. The number of hydrogen-bond donors (Lipinski definition) is 2. The molecular weight excluding hydrogens is 342 g/mol. The van der Waals surface area contributed by atoms with Crippen molar-refractivity contribution in [3.8, 4) is 0 Å². The molecule has 0 unspecified atom stereocenters. The lowest BCUT2D eigenvalue weighted by atomic mass is 10.2. The summed E-state index contributed by atoms with van der Waals surface area (Å²) in [4.78, 5) is 22.2. The zero-order chi connectivity index (χ0) is 19.6. The van der Waals surface area contributed by atoms with Gasteiger partial charge in [0.25, 0.3) is 0 Å². The second-order valence-corrected chi connectivity index (χ2v) is 7.50. The minimum Gasteiger partial charge on any atom is -0.391 e. The van der Waals surface area contributed by atoms with Gasteiger partial charge in [-0.1, -0.05) is 0 Å². The molecule has 146 valence electrons. The number of aliphatic hydroxyl groups is 1. The number of β-amino-alcohol motifs (C(OH)–C–C–N with tert-alkyl or cyclic N) is 1. The highest BCUT2D eigenvalue weighted by Crippen LogP contribution is 2.25. The number of nitrogens with zero attached hydrogens (tertiary/aromatic N) is 6. The van der Waals surface area contributed by atoms with Crippen LogP contribution in [0.2, 0.25) is 0 Å². The highest BCUT2D eigenvalue weighted by Gasteiger charge is 2.32. The van der Waals surface area contributed by atoms with Crippen molar-refractivity contribution < 1.29 is 5.11 Å². The van der Waals surface area contributed by atoms with Crippen molar-refractivity contribution in [1.29, 1.82) is 0 Å². The van der Waals surface area contributed by atoms with Crippen LogP contribution < -0.4 is 10.2 Å². The first-order valence-corrected chi connectivity index (χ1v) is 9.29. The summed E-state index contributed by atoms with van der Waals surface area (Å²) in [5.74, 6) is 1.57. The van der Waals surface area contributed by atoms with E-state index in [4.69, 9.17) is 0 Å². The fourth-order valence-electron chi connectivity index (χ4n) is 3.47. The fourth-order valence-corrected chi connectivity index (χ4v) is 3.47. The second-order valence-electron chi connectivity index (χ2n) is 7.50. The molecule has 1 fully saturated rings. The van der Waals surface area contributed by atoms with Gasteiger partial charge in [-0.05, 0) is 41.3 Å². The van der Waals surface area contributed by atoms with Crippen molar-refractivity contribution in [2.75, 3.05) is 37.4 Å². The summed E-state index contributed by atoms with van der Waals surface area (Å²) in [5.41, 5.74) is 3.74. The summed E-state index contributed by atoms with van der Waals surface area (Å²) < 4.78 is 0. The summed E-state index contributed by atoms with van der Waals surface area (Å²) >= 11 is 0. The predicted octanol–water partition coefficient (Wildman–Crippen LogP) is 1.31. The lowest BCUT2D eigenvalue weighted by molar-refractivity contribution is 0.191. The largest absolute Gasteiger partial charge is 0.391 e. The molecule has 0 spiro atoms. The van der Waals surface area contributed by atoms with Crippen LogP contribution in [0.5, 0.6) is 0 Å². The van der Waals surface area contributed by atoms with E-state index >= 15 is 0 Å². The molecule has 0 aliphatic carbocycles. The SMILES string of the molecule is Cc1nc(C)c(CNc2cc(N3C[C@H](O)C[C@@H]3CN(C)C)ncn2)nc1C. The summed E-state index contributed by atoms with van der Waals surface area (Å²) in [6.45, 7) is 7.94. The van der Waals surface area contributed by atoms with Crippen LogP contribution in [0.1, 0.15) is 29.2 Å². The van der Waals surface area contributed by atoms with Gasteiger partial charge in [-0.2, -0.15) is 0 Å². The van der Waals surface area contributed by atoms with Gasteiger partial charge in [-0.25, -0.2) is 9.97 Å². The Hall–Kier alpha value is -2.32. The first-order valence-electron chi connectivity index (χ1n) is 9.29. The lowest BCUT2D eigenvalue weighted by Gasteiger charge is -2.27. The second kappa shape index (κ2) is 8.14. The van der Waals surface area contributed by atoms with E-state index in [0.717, 1.165) is 47.4 Å². The van der Waals surface area contributed by atoms with Crippen molar-refractivity contribution in [3.05, 3.63) is 35.2 Å². The molecule has 0 amide bonds. The van der Waals surface area contributed by atoms with Crippen LogP contribution in [0.3, 0.4) is 0 Å². The molecule has 3 heterocycles. The molecule has 0 aromatic carbocycles. The maximum Gasteiger partial charge on any atom is 0.134 e. The Labute approximate surface area is 160 Å². The Balaban J connectivity index is 1.73. The predicted molar refractivity (Wildman–Crippen MR) is 106 cm³/mol. The lowest BCUT2D eigenvalue weighted by Crippen LogP contribution is -2.38. The average molecular weight is 371 g/mol. The topological polar surface area (TPSA) is 90.3 Å². The summed E-state index contributed by atoms with van der Waals surface area (Å²) in [7, 11) is 4.09. The molecule has 8 nitrogen and oxygen atoms in total. The van der Waals surface area contributed by atoms with Crippen LogP contribution in [-0.2, 0) is 6.54 Å². The van der Waals surface area contributed by atoms with Crippen LogP contribution in [0.25, 0.3) is 0 Å². The van der Waals surface area contributed by atoms with Gasteiger partial charge < -0.3 is 20.2 Å². The molecule has 2 aromatic rings. The molecule has 2 aromatic heterocycles. The maximum absolute atomic E-state index is 10.1. The smallest absolute Gasteiger partial charge is 0.134 e. The van der Waals surface area contributed by atoms with Crippen molar-refractivity contribution in [2.24, 2.45) is 0 Å². The number of aromatic nitrogens is 4. The van der Waals surface area contributed by atoms with E-state index in [1.165, 1.54) is 0 Å². The van der Waals surface area contributed by atoms with E-state index in [1.807, 2.05) is 40.9 Å². The number of aliphatic hydroxyl groups excluding tert-OH is 1. The molecular formula is C19H29N7O. The minimum atomic E-state index is -0.324. The van der Waals surface area contributed by atoms with Crippen LogP contribution in [0, 0.1) is 20.8 Å². The maximum atomic E-state index is 10.1. The van der Waals surface area contributed by atoms with Crippen LogP contribution in [-0.4, -0.2) is 69.3 Å². The molecule has 1 saturated heterocycles. The van der Waals surface area contributed by atoms with Gasteiger partial charge in [0.05, 0.1) is 35.4 Å². The molecule has 0 radical (unpaired) electrons. The molecule has 0 saturated carbocycles. The monoisotopic (exact) mass is 371 g/mol. The zero-order valence-electron chi connectivity index (χ0n) is 16.8. The van der Waals surface area contributed by atoms with E-state index in [1.54, 1.807) is 6.33 Å². The Morgan fingerprint density at radius 3 is 2.63 bits per heavy atom. The van der Waals surface area contributed by atoms with Crippen LogP contribution >= 0.6 is 0 Å². The molecule has 0 bridgehead atoms. The van der Waals surface area contributed by atoms with Gasteiger partial charge in [0.15, 0.2) is 0 Å². The Bertz CT molecular complexity index is 796. The summed E-state index contributed by atoms with van der Waals surface area (Å²) in [6, 6.07) is 2.18. The average Bonchev–Trinajstić information content (AvgIpc) is 2.97. The third-order valence-electron chi connectivity index (χ3n) is 4.93. The van der Waals surface area contributed by atoms with E-state index < -0.39 is 0 Å². The van der Waals surface area contributed by atoms with Gasteiger partial charge in [0.1, 0.15) is 18.0 Å². The standard InChI is InChI=1S/C19H29N7O/c1-12-13(2)24-17(14(3)23-12)8-20-18-7-19(22-11-21-18)26-10-16(27)6-15(26)9-25(4)5/h7,11,15-16,27H,6,8-10H2,1-5H3,(H,20,21,22)/t15-,16-/m1/s1. The zero-order valence-corrected chi connectivity index (χ0v) is 16.8. The minimum absolute atomic E-state index is 0.241. The van der Waals surface area contributed by atoms with E-state index in [-0.39, 0.29) is 12.1 Å². The molecule has 1 aliphatic heterocycles. The van der Waals surface area contributed by atoms with Gasteiger partial charge >= 0.3 is 0 Å². The molecule has 27 heavy (non-hydrogen) atoms. The molecule has 2 N–H and O–H groups in total. The van der Waals surface area contributed by atoms with E-state index in [0.29, 0.717) is 13.1 Å². The molecule has 2 atom stereocenters. The Kier molecular flexibility index (Phi) is 5.86. The molecule has 3 rings (SSSR count). The number of nitrogens with one attached hydrogen (secondary N) is 1. The fraction of sp³-hybridized carbons (Fsp3) is 0.579. The quantitative estimate of drug-likeness (QED) is 0.785. The van der Waals surface area contributed by atoms with Crippen molar-refractivity contribution in [1.82, 2.24) is 24.8 Å².